The van der Waals surface area contributed by atoms with Gasteiger partial charge in [-0.1, -0.05) is 6.92 Å². The number of likely N-dealkylation sites (tertiary alicyclic amines) is 1. The van der Waals surface area contributed by atoms with Crippen molar-refractivity contribution in [1.29, 1.82) is 0 Å². The minimum atomic E-state index is 0.0431. The van der Waals surface area contributed by atoms with Gasteiger partial charge in [-0.05, 0) is 32.1 Å². The summed E-state index contributed by atoms with van der Waals surface area (Å²) < 4.78 is 0. The molecule has 1 aliphatic carbocycles. The van der Waals surface area contributed by atoms with Crippen molar-refractivity contribution in [1.82, 2.24) is 4.90 Å². The molecule has 14 heavy (non-hydrogen) atoms. The van der Waals surface area contributed by atoms with Gasteiger partial charge < -0.3 is 10.6 Å². The number of hydrogen-bond donors (Lipinski definition) is 1. The second-order valence-corrected chi connectivity index (χ2v) is 4.76. The van der Waals surface area contributed by atoms with Crippen LogP contribution in [0.1, 0.15) is 39.0 Å². The van der Waals surface area contributed by atoms with Crippen LogP contribution < -0.4 is 5.73 Å². The summed E-state index contributed by atoms with van der Waals surface area (Å²) >= 11 is 0. The molecule has 1 aliphatic heterocycles. The summed E-state index contributed by atoms with van der Waals surface area (Å²) in [6, 6.07) is 0.316. The Balaban J connectivity index is 1.92. The largest absolute Gasteiger partial charge is 0.342 e. The first-order chi connectivity index (χ1) is 6.68. The van der Waals surface area contributed by atoms with E-state index in [1.165, 1.54) is 0 Å². The summed E-state index contributed by atoms with van der Waals surface area (Å²) in [4.78, 5) is 14.1. The van der Waals surface area contributed by atoms with E-state index in [0.29, 0.717) is 11.9 Å². The number of carbonyl (C=O) groups excluding carboxylic acids is 1. The van der Waals surface area contributed by atoms with E-state index >= 15 is 0 Å². The van der Waals surface area contributed by atoms with Crippen LogP contribution in [0.15, 0.2) is 0 Å². The minimum Gasteiger partial charge on any atom is -0.342 e. The van der Waals surface area contributed by atoms with Crippen molar-refractivity contribution in [2.75, 3.05) is 13.1 Å². The predicted octanol–water partition coefficient (Wildman–Crippen LogP) is 1.13. The molecule has 80 valence electrons. The van der Waals surface area contributed by atoms with Gasteiger partial charge in [-0.25, -0.2) is 0 Å². The number of piperidine rings is 1. The standard InChI is InChI=1S/C11H20N2O/c1-2-11(5-6-11)10(14)13-7-3-9(12)4-8-13/h9H,2-8,12H2,1H3. The summed E-state index contributed by atoms with van der Waals surface area (Å²) in [5.74, 6) is 0.395. The molecule has 1 heterocycles. The molecule has 2 fully saturated rings. The van der Waals surface area contributed by atoms with Crippen molar-refractivity contribution in [3.8, 4) is 0 Å². The van der Waals surface area contributed by atoms with Crippen molar-refractivity contribution in [3.05, 3.63) is 0 Å². The highest BCUT2D eigenvalue weighted by molar-refractivity contribution is 5.85. The lowest BCUT2D eigenvalue weighted by atomic mass is 9.99. The average molecular weight is 196 g/mol. The first-order valence-corrected chi connectivity index (χ1v) is 5.73. The monoisotopic (exact) mass is 196 g/mol. The van der Waals surface area contributed by atoms with E-state index in [1.54, 1.807) is 0 Å². The highest BCUT2D eigenvalue weighted by atomic mass is 16.2. The second-order valence-electron chi connectivity index (χ2n) is 4.76. The Kier molecular flexibility index (Phi) is 2.52. The third-order valence-electron chi connectivity index (χ3n) is 3.81. The van der Waals surface area contributed by atoms with Gasteiger partial charge in [-0.15, -0.1) is 0 Å². The molecule has 1 saturated heterocycles. The smallest absolute Gasteiger partial charge is 0.228 e. The quantitative estimate of drug-likeness (QED) is 0.719. The summed E-state index contributed by atoms with van der Waals surface area (Å²) in [6.07, 6.45) is 5.17. The maximum absolute atomic E-state index is 12.1. The van der Waals surface area contributed by atoms with Crippen LogP contribution in [0.5, 0.6) is 0 Å². The van der Waals surface area contributed by atoms with Crippen LogP contribution in [0, 0.1) is 5.41 Å². The molecule has 3 heteroatoms. The van der Waals surface area contributed by atoms with Gasteiger partial charge in [-0.2, -0.15) is 0 Å². The SMILES string of the molecule is CCC1(C(=O)N2CCC(N)CC2)CC1. The van der Waals surface area contributed by atoms with Gasteiger partial charge in [0.2, 0.25) is 5.91 Å². The molecule has 1 saturated carbocycles. The normalized spacial score (nSPS) is 26.3. The molecule has 0 aromatic carbocycles. The molecule has 0 radical (unpaired) electrons. The third-order valence-corrected chi connectivity index (χ3v) is 3.81. The third kappa shape index (κ3) is 1.65. The molecule has 0 unspecified atom stereocenters. The first kappa shape index (κ1) is 9.97. The van der Waals surface area contributed by atoms with Crippen molar-refractivity contribution >= 4 is 5.91 Å². The fourth-order valence-corrected chi connectivity index (χ4v) is 2.31. The van der Waals surface area contributed by atoms with Crippen LogP contribution in [0.4, 0.5) is 0 Å². The Morgan fingerprint density at radius 2 is 2.00 bits per heavy atom. The van der Waals surface area contributed by atoms with Crippen molar-refractivity contribution < 1.29 is 4.79 Å². The molecule has 0 atom stereocenters. The van der Waals surface area contributed by atoms with Gasteiger partial charge in [0.15, 0.2) is 0 Å². The molecule has 1 amide bonds. The molecule has 0 spiro atoms. The molecule has 0 aromatic rings. The van der Waals surface area contributed by atoms with E-state index in [1.807, 2.05) is 4.90 Å². The Bertz CT molecular complexity index is 227. The number of amides is 1. The average Bonchev–Trinajstić information content (AvgIpc) is 2.99. The molecule has 2 N–H and O–H groups in total. The number of rotatable bonds is 2. The predicted molar refractivity (Wildman–Crippen MR) is 55.7 cm³/mol. The zero-order valence-electron chi connectivity index (χ0n) is 8.96. The highest BCUT2D eigenvalue weighted by Crippen LogP contribution is 2.50. The maximum atomic E-state index is 12.1. The van der Waals surface area contributed by atoms with Gasteiger partial charge in [0.1, 0.15) is 0 Å². The summed E-state index contributed by atoms with van der Waals surface area (Å²) in [5, 5.41) is 0. The van der Waals surface area contributed by atoms with E-state index in [2.05, 4.69) is 6.92 Å². The van der Waals surface area contributed by atoms with Gasteiger partial charge in [-0.3, -0.25) is 4.79 Å². The van der Waals surface area contributed by atoms with Gasteiger partial charge in [0.25, 0.3) is 0 Å². The van der Waals surface area contributed by atoms with Crippen LogP contribution >= 0.6 is 0 Å². The second kappa shape index (κ2) is 3.54. The van der Waals surface area contributed by atoms with Gasteiger partial charge in [0, 0.05) is 24.5 Å². The minimum absolute atomic E-state index is 0.0431. The molecule has 2 aliphatic rings. The highest BCUT2D eigenvalue weighted by Gasteiger charge is 2.50. The number of hydrogen-bond acceptors (Lipinski definition) is 2. The molecular formula is C11H20N2O. The van der Waals surface area contributed by atoms with E-state index in [9.17, 15) is 4.79 Å². The zero-order chi connectivity index (χ0) is 10.2. The lowest BCUT2D eigenvalue weighted by Crippen LogP contribution is -2.45. The number of nitrogens with two attached hydrogens (primary N) is 1. The molecule has 0 aromatic heterocycles. The summed E-state index contributed by atoms with van der Waals surface area (Å²) in [6.45, 7) is 3.88. The topological polar surface area (TPSA) is 46.3 Å². The van der Waals surface area contributed by atoms with Crippen molar-refractivity contribution in [2.24, 2.45) is 11.1 Å². The fraction of sp³-hybridized carbons (Fsp3) is 0.909. The maximum Gasteiger partial charge on any atom is 0.228 e. The van der Waals surface area contributed by atoms with E-state index in [4.69, 9.17) is 5.73 Å². The lowest BCUT2D eigenvalue weighted by molar-refractivity contribution is -0.138. The lowest BCUT2D eigenvalue weighted by Gasteiger charge is -2.32. The first-order valence-electron chi connectivity index (χ1n) is 5.73. The van der Waals surface area contributed by atoms with Crippen molar-refractivity contribution in [3.63, 3.8) is 0 Å². The molecule has 0 bridgehead atoms. The molecule has 2 rings (SSSR count). The zero-order valence-corrected chi connectivity index (χ0v) is 8.96. The van der Waals surface area contributed by atoms with E-state index in [-0.39, 0.29) is 5.41 Å². The summed E-state index contributed by atoms with van der Waals surface area (Å²) in [5.41, 5.74) is 5.86. The Morgan fingerprint density at radius 3 is 2.43 bits per heavy atom. The van der Waals surface area contributed by atoms with Crippen molar-refractivity contribution in [2.45, 2.75) is 45.1 Å². The summed E-state index contributed by atoms with van der Waals surface area (Å²) in [7, 11) is 0. The Labute approximate surface area is 85.6 Å². The van der Waals surface area contributed by atoms with Crippen LogP contribution in [-0.4, -0.2) is 29.9 Å². The van der Waals surface area contributed by atoms with Crippen LogP contribution in [0.25, 0.3) is 0 Å². The van der Waals surface area contributed by atoms with Crippen LogP contribution in [0.3, 0.4) is 0 Å². The fourth-order valence-electron chi connectivity index (χ4n) is 2.31. The Morgan fingerprint density at radius 1 is 1.43 bits per heavy atom. The Hall–Kier alpha value is -0.570. The van der Waals surface area contributed by atoms with Gasteiger partial charge >= 0.3 is 0 Å². The van der Waals surface area contributed by atoms with Crippen LogP contribution in [0.2, 0.25) is 0 Å². The van der Waals surface area contributed by atoms with Crippen LogP contribution in [-0.2, 0) is 4.79 Å². The van der Waals surface area contributed by atoms with Gasteiger partial charge in [0.05, 0.1) is 0 Å². The number of nitrogens with zero attached hydrogens (tertiary/aromatic N) is 1. The molecular weight excluding hydrogens is 176 g/mol. The van der Waals surface area contributed by atoms with E-state index < -0.39 is 0 Å². The number of carbonyl (C=O) groups is 1. The molecule has 3 nitrogen and oxygen atoms in total. The van der Waals surface area contributed by atoms with E-state index in [0.717, 1.165) is 45.2 Å².